The quantitative estimate of drug-likeness (QED) is 0.414. The zero-order chi connectivity index (χ0) is 10.1. The molecule has 0 aliphatic carbocycles. The van der Waals surface area contributed by atoms with E-state index < -0.39 is 15.0 Å². The van der Waals surface area contributed by atoms with Gasteiger partial charge in [-0.2, -0.15) is 8.42 Å². The number of aldehydes is 1. The van der Waals surface area contributed by atoms with E-state index in [1.807, 2.05) is 0 Å². The molecule has 5 nitrogen and oxygen atoms in total. The van der Waals surface area contributed by atoms with Gasteiger partial charge in [-0.05, 0) is 18.2 Å². The monoisotopic (exact) mass is 226 g/mol. The molecule has 0 spiro atoms. The summed E-state index contributed by atoms with van der Waals surface area (Å²) in [5.41, 5.74) is -0.185. The number of benzene rings is 1. The molecule has 0 heterocycles. The van der Waals surface area contributed by atoms with Gasteiger partial charge in [0, 0.05) is 0 Å². The van der Waals surface area contributed by atoms with Crippen LogP contribution in [-0.2, 0) is 10.1 Å². The number of hydrogen-bond donors (Lipinski definition) is 2. The Bertz CT molecular complexity index is 439. The van der Waals surface area contributed by atoms with E-state index in [0.717, 1.165) is 18.2 Å². The standard InChI is InChI=1S/C7H6O5S.Na.H/c8-4-5-3-6(13(10,11)12)1-2-7(5)9;;/h1-4,9H,(H,10,11,12);;. The molecule has 0 amide bonds. The zero-order valence-electron chi connectivity index (χ0n) is 6.34. The Morgan fingerprint density at radius 3 is 2.29 bits per heavy atom. The summed E-state index contributed by atoms with van der Waals surface area (Å²) in [6.07, 6.45) is 0.296. The zero-order valence-corrected chi connectivity index (χ0v) is 7.15. The van der Waals surface area contributed by atoms with Gasteiger partial charge < -0.3 is 5.11 Å². The molecular weight excluding hydrogens is 219 g/mol. The first-order chi connectivity index (χ1) is 5.95. The topological polar surface area (TPSA) is 91.7 Å². The van der Waals surface area contributed by atoms with E-state index >= 15 is 0 Å². The molecule has 0 aromatic heterocycles. The van der Waals surface area contributed by atoms with E-state index in [1.54, 1.807) is 0 Å². The van der Waals surface area contributed by atoms with Gasteiger partial charge in [0.05, 0.1) is 10.5 Å². The molecule has 0 atom stereocenters. The molecular formula is C7H7NaO5S. The third-order valence-electron chi connectivity index (χ3n) is 1.42. The summed E-state index contributed by atoms with van der Waals surface area (Å²) in [4.78, 5) is 9.85. The van der Waals surface area contributed by atoms with Crippen molar-refractivity contribution in [2.24, 2.45) is 0 Å². The Hall–Kier alpha value is -0.400. The number of phenolic OH excluding ortho intramolecular Hbond substituents is 1. The van der Waals surface area contributed by atoms with Crippen molar-refractivity contribution in [3.63, 3.8) is 0 Å². The van der Waals surface area contributed by atoms with Gasteiger partial charge in [-0.1, -0.05) is 0 Å². The van der Waals surface area contributed by atoms with Crippen LogP contribution < -0.4 is 0 Å². The van der Waals surface area contributed by atoms with Crippen LogP contribution >= 0.6 is 0 Å². The Balaban J connectivity index is 0.00000169. The molecule has 0 fully saturated rings. The summed E-state index contributed by atoms with van der Waals surface area (Å²) in [6, 6.07) is 2.90. The number of carbonyl (C=O) groups excluding carboxylic acids is 1. The fourth-order valence-corrected chi connectivity index (χ4v) is 1.30. The summed E-state index contributed by atoms with van der Waals surface area (Å²) in [6.45, 7) is 0. The predicted molar refractivity (Wildman–Crippen MR) is 50.5 cm³/mol. The van der Waals surface area contributed by atoms with Crippen molar-refractivity contribution in [2.45, 2.75) is 4.90 Å². The third-order valence-corrected chi connectivity index (χ3v) is 2.27. The Morgan fingerprint density at radius 1 is 1.29 bits per heavy atom. The van der Waals surface area contributed by atoms with Gasteiger partial charge in [0.1, 0.15) is 5.75 Å². The van der Waals surface area contributed by atoms with Crippen LogP contribution in [0.15, 0.2) is 23.1 Å². The van der Waals surface area contributed by atoms with Gasteiger partial charge >= 0.3 is 29.6 Å². The van der Waals surface area contributed by atoms with Crippen molar-refractivity contribution >= 4 is 46.0 Å². The summed E-state index contributed by atoms with van der Waals surface area (Å²) >= 11 is 0. The molecule has 0 saturated heterocycles. The molecule has 0 aliphatic rings. The summed E-state index contributed by atoms with van der Waals surface area (Å²) in [7, 11) is -4.32. The third kappa shape index (κ3) is 3.07. The van der Waals surface area contributed by atoms with Crippen molar-refractivity contribution in [3.05, 3.63) is 23.8 Å². The fourth-order valence-electron chi connectivity index (χ4n) is 0.787. The molecule has 0 bridgehead atoms. The first-order valence-electron chi connectivity index (χ1n) is 3.21. The molecule has 0 aliphatic heterocycles. The fraction of sp³-hybridized carbons (Fsp3) is 0. The average Bonchev–Trinajstić information content (AvgIpc) is 2.03. The van der Waals surface area contributed by atoms with Crippen molar-refractivity contribution in [2.75, 3.05) is 0 Å². The maximum absolute atomic E-state index is 10.6. The molecule has 2 N–H and O–H groups in total. The molecule has 0 unspecified atom stereocenters. The normalized spacial score (nSPS) is 10.4. The second kappa shape index (κ2) is 4.90. The molecule has 14 heavy (non-hydrogen) atoms. The van der Waals surface area contributed by atoms with Crippen LogP contribution in [0.25, 0.3) is 0 Å². The number of phenols is 1. The van der Waals surface area contributed by atoms with Crippen molar-refractivity contribution in [1.29, 1.82) is 0 Å². The number of hydrogen-bond acceptors (Lipinski definition) is 4. The van der Waals surface area contributed by atoms with Gasteiger partial charge in [0.15, 0.2) is 6.29 Å². The molecule has 0 radical (unpaired) electrons. The van der Waals surface area contributed by atoms with Crippen LogP contribution in [0, 0.1) is 0 Å². The van der Waals surface area contributed by atoms with Crippen LogP contribution in [0.1, 0.15) is 10.4 Å². The Kier molecular flexibility index (Phi) is 4.76. The molecule has 0 saturated carbocycles. The average molecular weight is 226 g/mol. The summed E-state index contributed by atoms with van der Waals surface area (Å²) < 4.78 is 29.7. The maximum atomic E-state index is 10.6. The molecule has 7 heteroatoms. The summed E-state index contributed by atoms with van der Waals surface area (Å²) in [5, 5.41) is 8.99. The number of aromatic hydroxyl groups is 1. The molecule has 72 valence electrons. The van der Waals surface area contributed by atoms with E-state index in [2.05, 4.69) is 0 Å². The van der Waals surface area contributed by atoms with E-state index in [9.17, 15) is 13.2 Å². The SMILES string of the molecule is O=Cc1cc(S(=O)(=O)O)ccc1O.[NaH]. The van der Waals surface area contributed by atoms with Crippen LogP contribution in [-0.4, -0.2) is 53.9 Å². The minimum absolute atomic E-state index is 0. The van der Waals surface area contributed by atoms with Crippen LogP contribution in [0.4, 0.5) is 0 Å². The second-order valence-electron chi connectivity index (χ2n) is 2.31. The van der Waals surface area contributed by atoms with Crippen molar-refractivity contribution < 1.29 is 22.9 Å². The van der Waals surface area contributed by atoms with Gasteiger partial charge in [0.25, 0.3) is 10.1 Å². The molecule has 1 aromatic rings. The first-order valence-corrected chi connectivity index (χ1v) is 4.65. The van der Waals surface area contributed by atoms with Crippen molar-refractivity contribution in [1.82, 2.24) is 0 Å². The van der Waals surface area contributed by atoms with Crippen LogP contribution in [0.3, 0.4) is 0 Å². The van der Waals surface area contributed by atoms with Gasteiger partial charge in [0.2, 0.25) is 0 Å². The van der Waals surface area contributed by atoms with Gasteiger partial charge in [-0.25, -0.2) is 0 Å². The van der Waals surface area contributed by atoms with Crippen molar-refractivity contribution in [3.8, 4) is 5.75 Å². The molecule has 1 rings (SSSR count). The van der Waals surface area contributed by atoms with Crippen LogP contribution in [0.5, 0.6) is 5.75 Å². The van der Waals surface area contributed by atoms with E-state index in [-0.39, 0.29) is 40.9 Å². The van der Waals surface area contributed by atoms with Crippen LogP contribution in [0.2, 0.25) is 0 Å². The first kappa shape index (κ1) is 13.6. The Labute approximate surface area is 103 Å². The van der Waals surface area contributed by atoms with E-state index in [4.69, 9.17) is 9.66 Å². The van der Waals surface area contributed by atoms with E-state index in [0.29, 0.717) is 6.29 Å². The summed E-state index contributed by atoms with van der Waals surface area (Å²) in [5.74, 6) is -0.331. The second-order valence-corrected chi connectivity index (χ2v) is 3.74. The van der Waals surface area contributed by atoms with E-state index in [1.165, 1.54) is 0 Å². The Morgan fingerprint density at radius 2 is 1.86 bits per heavy atom. The predicted octanol–water partition coefficient (Wildman–Crippen LogP) is -0.197. The van der Waals surface area contributed by atoms with Gasteiger partial charge in [-0.3, -0.25) is 9.35 Å². The van der Waals surface area contributed by atoms with Gasteiger partial charge in [-0.15, -0.1) is 0 Å². The number of rotatable bonds is 2. The molecule has 1 aromatic carbocycles. The minimum atomic E-state index is -4.32. The number of carbonyl (C=O) groups is 1.